The molecule has 0 fully saturated rings. The van der Waals surface area contributed by atoms with Gasteiger partial charge in [-0.3, -0.25) is 20.4 Å². The maximum absolute atomic E-state index is 12.1. The first kappa shape index (κ1) is 18.4. The smallest absolute Gasteiger partial charge is 0.348 e. The fraction of sp³-hybridized carbons (Fsp3) is 0.278. The average Bonchev–Trinajstić information content (AvgIpc) is 3.09. The van der Waals surface area contributed by atoms with Crippen LogP contribution in [0.15, 0.2) is 30.3 Å². The van der Waals surface area contributed by atoms with Gasteiger partial charge in [0.05, 0.1) is 0 Å². The molecule has 2 N–H and O–H groups in total. The number of benzene rings is 1. The van der Waals surface area contributed by atoms with Gasteiger partial charge in [-0.05, 0) is 61.6 Å². The standard InChI is InChI=1S/C18H17ClN2O4S/c19-13-7-5-11(6-8-13)17(23)21-20-16(22)10-25-18(24)15-9-12-3-1-2-4-14(12)26-15/h5-9H,1-4,10H2,(H,20,22)(H,21,23). The number of hydrogen-bond donors (Lipinski definition) is 2. The first-order valence-electron chi connectivity index (χ1n) is 8.16. The normalized spacial score (nSPS) is 12.8. The molecule has 3 rings (SSSR count). The van der Waals surface area contributed by atoms with Gasteiger partial charge in [0.2, 0.25) is 0 Å². The van der Waals surface area contributed by atoms with E-state index >= 15 is 0 Å². The van der Waals surface area contributed by atoms with Crippen LogP contribution in [0.5, 0.6) is 0 Å². The Balaban J connectivity index is 1.45. The van der Waals surface area contributed by atoms with Gasteiger partial charge in [-0.25, -0.2) is 4.79 Å². The lowest BCUT2D eigenvalue weighted by atomic mass is 9.99. The Morgan fingerprint density at radius 2 is 1.81 bits per heavy atom. The van der Waals surface area contributed by atoms with Gasteiger partial charge in [0.25, 0.3) is 11.8 Å². The SMILES string of the molecule is O=C(COC(=O)c1cc2c(s1)CCCC2)NNC(=O)c1ccc(Cl)cc1. The Hall–Kier alpha value is -2.38. The number of esters is 1. The molecule has 0 aliphatic heterocycles. The van der Waals surface area contributed by atoms with Crippen molar-refractivity contribution in [2.24, 2.45) is 0 Å². The molecule has 26 heavy (non-hydrogen) atoms. The van der Waals surface area contributed by atoms with E-state index in [2.05, 4.69) is 10.9 Å². The zero-order valence-electron chi connectivity index (χ0n) is 13.8. The number of hydrogen-bond acceptors (Lipinski definition) is 5. The monoisotopic (exact) mass is 392 g/mol. The summed E-state index contributed by atoms with van der Waals surface area (Å²) in [5.41, 5.74) is 6.00. The van der Waals surface area contributed by atoms with Crippen molar-refractivity contribution < 1.29 is 19.1 Å². The van der Waals surface area contributed by atoms with Crippen LogP contribution in [0.4, 0.5) is 0 Å². The number of nitrogens with one attached hydrogen (secondary N) is 2. The van der Waals surface area contributed by atoms with E-state index in [-0.39, 0.29) is 0 Å². The first-order valence-corrected chi connectivity index (χ1v) is 9.36. The fourth-order valence-electron chi connectivity index (χ4n) is 2.63. The van der Waals surface area contributed by atoms with Crippen LogP contribution >= 0.6 is 22.9 Å². The maximum atomic E-state index is 12.1. The van der Waals surface area contributed by atoms with E-state index in [1.54, 1.807) is 12.1 Å². The van der Waals surface area contributed by atoms with Crippen LogP contribution in [0.25, 0.3) is 0 Å². The molecule has 0 spiro atoms. The summed E-state index contributed by atoms with van der Waals surface area (Å²) in [4.78, 5) is 37.4. The molecule has 8 heteroatoms. The minimum Gasteiger partial charge on any atom is -0.451 e. The summed E-state index contributed by atoms with van der Waals surface area (Å²) in [7, 11) is 0. The van der Waals surface area contributed by atoms with Crippen LogP contribution < -0.4 is 10.9 Å². The molecule has 2 aromatic rings. The molecule has 0 unspecified atom stereocenters. The van der Waals surface area contributed by atoms with E-state index in [4.69, 9.17) is 16.3 Å². The second kappa shape index (κ2) is 8.33. The maximum Gasteiger partial charge on any atom is 0.348 e. The topological polar surface area (TPSA) is 84.5 Å². The zero-order chi connectivity index (χ0) is 18.5. The van der Waals surface area contributed by atoms with Crippen LogP contribution in [0.1, 0.15) is 43.3 Å². The molecule has 0 radical (unpaired) electrons. The van der Waals surface area contributed by atoms with Gasteiger partial charge in [-0.15, -0.1) is 11.3 Å². The number of ether oxygens (including phenoxy) is 1. The van der Waals surface area contributed by atoms with Crippen LogP contribution in [0.3, 0.4) is 0 Å². The van der Waals surface area contributed by atoms with Gasteiger partial charge >= 0.3 is 5.97 Å². The lowest BCUT2D eigenvalue weighted by Crippen LogP contribution is -2.43. The van der Waals surface area contributed by atoms with Crippen LogP contribution in [-0.4, -0.2) is 24.4 Å². The molecule has 0 bridgehead atoms. The van der Waals surface area contributed by atoms with Crippen molar-refractivity contribution in [3.05, 3.63) is 56.2 Å². The molecule has 1 aromatic carbocycles. The summed E-state index contributed by atoms with van der Waals surface area (Å²) in [6.07, 6.45) is 4.24. The molecule has 136 valence electrons. The molecule has 0 atom stereocenters. The van der Waals surface area contributed by atoms with E-state index in [0.717, 1.165) is 25.7 Å². The lowest BCUT2D eigenvalue weighted by molar-refractivity contribution is -0.125. The number of carbonyl (C=O) groups is 3. The quantitative estimate of drug-likeness (QED) is 0.619. The van der Waals surface area contributed by atoms with E-state index < -0.39 is 24.4 Å². The number of rotatable bonds is 4. The molecule has 0 saturated carbocycles. The van der Waals surface area contributed by atoms with Crippen molar-refractivity contribution in [3.8, 4) is 0 Å². The number of halogens is 1. The summed E-state index contributed by atoms with van der Waals surface area (Å²) in [6.45, 7) is -0.470. The van der Waals surface area contributed by atoms with Crippen LogP contribution in [0, 0.1) is 0 Å². The van der Waals surface area contributed by atoms with E-state index in [1.165, 1.54) is 33.9 Å². The van der Waals surface area contributed by atoms with Gasteiger partial charge < -0.3 is 4.74 Å². The Bertz CT molecular complexity index is 809. The second-order valence-electron chi connectivity index (χ2n) is 5.85. The van der Waals surface area contributed by atoms with Crippen molar-refractivity contribution in [3.63, 3.8) is 0 Å². The van der Waals surface area contributed by atoms with Crippen molar-refractivity contribution in [2.45, 2.75) is 25.7 Å². The minimum absolute atomic E-state index is 0.343. The molecule has 0 saturated heterocycles. The third-order valence-corrected chi connectivity index (χ3v) is 5.42. The van der Waals surface area contributed by atoms with Crippen LogP contribution in [-0.2, 0) is 22.4 Å². The molecule has 1 aliphatic rings. The highest BCUT2D eigenvalue weighted by molar-refractivity contribution is 7.14. The predicted molar refractivity (Wildman–Crippen MR) is 98.3 cm³/mol. The van der Waals surface area contributed by atoms with E-state index in [1.807, 2.05) is 6.07 Å². The van der Waals surface area contributed by atoms with Gasteiger partial charge in [0, 0.05) is 15.5 Å². The zero-order valence-corrected chi connectivity index (χ0v) is 15.4. The Labute approximate surface area is 159 Å². The number of fused-ring (bicyclic) bond motifs is 1. The molecule has 1 aliphatic carbocycles. The summed E-state index contributed by atoms with van der Waals surface area (Å²) >= 11 is 7.17. The highest BCUT2D eigenvalue weighted by atomic mass is 35.5. The third-order valence-electron chi connectivity index (χ3n) is 3.95. The van der Waals surface area contributed by atoms with Gasteiger partial charge in [-0.1, -0.05) is 11.6 Å². The summed E-state index contributed by atoms with van der Waals surface area (Å²) in [6, 6.07) is 8.05. The number of thiophene rings is 1. The Kier molecular flexibility index (Phi) is 5.90. The van der Waals surface area contributed by atoms with Gasteiger partial charge in [-0.2, -0.15) is 0 Å². The van der Waals surface area contributed by atoms with E-state index in [0.29, 0.717) is 15.5 Å². The van der Waals surface area contributed by atoms with Crippen molar-refractivity contribution in [1.29, 1.82) is 0 Å². The molecule has 1 heterocycles. The summed E-state index contributed by atoms with van der Waals surface area (Å²) in [5, 5.41) is 0.507. The Morgan fingerprint density at radius 1 is 1.08 bits per heavy atom. The number of carbonyl (C=O) groups excluding carboxylic acids is 3. The fourth-order valence-corrected chi connectivity index (χ4v) is 3.90. The highest BCUT2D eigenvalue weighted by Crippen LogP contribution is 2.29. The molecule has 6 nitrogen and oxygen atoms in total. The highest BCUT2D eigenvalue weighted by Gasteiger charge is 2.19. The van der Waals surface area contributed by atoms with Gasteiger partial charge in [0.15, 0.2) is 6.61 Å². The number of hydrazine groups is 1. The van der Waals surface area contributed by atoms with Gasteiger partial charge in [0.1, 0.15) is 4.88 Å². The third kappa shape index (κ3) is 4.62. The lowest BCUT2D eigenvalue weighted by Gasteiger charge is -2.08. The predicted octanol–water partition coefficient (Wildman–Crippen LogP) is 2.90. The number of aryl methyl sites for hydroxylation is 2. The summed E-state index contributed by atoms with van der Waals surface area (Å²) < 4.78 is 5.01. The molecular weight excluding hydrogens is 376 g/mol. The largest absolute Gasteiger partial charge is 0.451 e. The minimum atomic E-state index is -0.623. The van der Waals surface area contributed by atoms with Crippen molar-refractivity contribution in [2.75, 3.05) is 6.61 Å². The molecule has 2 amide bonds. The Morgan fingerprint density at radius 3 is 2.54 bits per heavy atom. The van der Waals surface area contributed by atoms with Crippen molar-refractivity contribution >= 4 is 40.7 Å². The first-order chi connectivity index (χ1) is 12.5. The number of amides is 2. The average molecular weight is 393 g/mol. The second-order valence-corrected chi connectivity index (χ2v) is 7.42. The summed E-state index contributed by atoms with van der Waals surface area (Å²) in [5.74, 6) is -1.64. The molecule has 1 aromatic heterocycles. The van der Waals surface area contributed by atoms with Crippen LogP contribution in [0.2, 0.25) is 5.02 Å². The van der Waals surface area contributed by atoms with Crippen molar-refractivity contribution in [1.82, 2.24) is 10.9 Å². The van der Waals surface area contributed by atoms with E-state index in [9.17, 15) is 14.4 Å². The molecular formula is C18H17ClN2O4S.